The van der Waals surface area contributed by atoms with Gasteiger partial charge in [-0.05, 0) is 72.2 Å². The average molecular weight is 381 g/mol. The molecule has 1 aliphatic heterocycles. The molecule has 138 valence electrons. The zero-order chi connectivity index (χ0) is 18.4. The summed E-state index contributed by atoms with van der Waals surface area (Å²) in [6.45, 7) is 3.07. The summed E-state index contributed by atoms with van der Waals surface area (Å²) < 4.78 is 13.6. The van der Waals surface area contributed by atoms with Gasteiger partial charge in [0.25, 0.3) is 0 Å². The van der Waals surface area contributed by atoms with Gasteiger partial charge in [0.1, 0.15) is 5.82 Å². The normalized spacial score (nSPS) is 20.1. The van der Waals surface area contributed by atoms with Crippen LogP contribution in [0.1, 0.15) is 35.4 Å². The SMILES string of the molecule is Fc1ccc2[nH]cc(C3=CCN(CC4CCc5ccc(Cl)cc54)CC3)c2c1. The molecule has 5 rings (SSSR count). The van der Waals surface area contributed by atoms with Crippen LogP contribution in [0, 0.1) is 5.82 Å². The molecule has 0 spiro atoms. The number of rotatable bonds is 3. The predicted octanol–water partition coefficient (Wildman–Crippen LogP) is 5.78. The van der Waals surface area contributed by atoms with Crippen molar-refractivity contribution in [2.45, 2.75) is 25.2 Å². The first-order valence-electron chi connectivity index (χ1n) is 9.64. The van der Waals surface area contributed by atoms with E-state index in [1.807, 2.05) is 18.3 Å². The first-order chi connectivity index (χ1) is 13.2. The van der Waals surface area contributed by atoms with Crippen molar-refractivity contribution in [1.29, 1.82) is 0 Å². The van der Waals surface area contributed by atoms with Gasteiger partial charge in [-0.25, -0.2) is 4.39 Å². The number of aryl methyl sites for hydroxylation is 1. The van der Waals surface area contributed by atoms with Gasteiger partial charge in [-0.2, -0.15) is 0 Å². The molecule has 2 nitrogen and oxygen atoms in total. The first-order valence-corrected chi connectivity index (χ1v) is 10.0. The van der Waals surface area contributed by atoms with E-state index < -0.39 is 0 Å². The first kappa shape index (κ1) is 17.0. The van der Waals surface area contributed by atoms with Crippen LogP contribution in [0.25, 0.3) is 16.5 Å². The zero-order valence-corrected chi connectivity index (χ0v) is 15.9. The second-order valence-corrected chi connectivity index (χ2v) is 8.15. The summed E-state index contributed by atoms with van der Waals surface area (Å²) in [5.41, 5.74) is 6.34. The van der Waals surface area contributed by atoms with Crippen LogP contribution in [0.15, 0.2) is 48.7 Å². The molecule has 1 N–H and O–H groups in total. The lowest BCUT2D eigenvalue weighted by atomic mass is 9.96. The van der Waals surface area contributed by atoms with Gasteiger partial charge >= 0.3 is 0 Å². The number of benzene rings is 2. The van der Waals surface area contributed by atoms with E-state index in [0.29, 0.717) is 5.92 Å². The highest BCUT2D eigenvalue weighted by Gasteiger charge is 2.25. The van der Waals surface area contributed by atoms with Crippen LogP contribution in [0.4, 0.5) is 4.39 Å². The van der Waals surface area contributed by atoms with Gasteiger partial charge in [-0.3, -0.25) is 4.90 Å². The Balaban J connectivity index is 1.32. The van der Waals surface area contributed by atoms with Crippen LogP contribution in [0.2, 0.25) is 5.02 Å². The summed E-state index contributed by atoms with van der Waals surface area (Å²) in [4.78, 5) is 5.79. The lowest BCUT2D eigenvalue weighted by molar-refractivity contribution is 0.281. The van der Waals surface area contributed by atoms with E-state index in [0.717, 1.165) is 54.0 Å². The van der Waals surface area contributed by atoms with Crippen molar-refractivity contribution in [2.75, 3.05) is 19.6 Å². The molecule has 0 fully saturated rings. The molecule has 0 radical (unpaired) electrons. The van der Waals surface area contributed by atoms with Gasteiger partial charge in [0, 0.05) is 47.3 Å². The lowest BCUT2D eigenvalue weighted by Crippen LogP contribution is -2.32. The van der Waals surface area contributed by atoms with Crippen molar-refractivity contribution in [3.05, 3.63) is 76.2 Å². The number of aromatic nitrogens is 1. The van der Waals surface area contributed by atoms with Gasteiger partial charge in [-0.1, -0.05) is 23.7 Å². The second kappa shape index (κ2) is 6.81. The molecule has 0 amide bonds. The molecular formula is C23H22ClFN2. The molecule has 1 unspecified atom stereocenters. The molecule has 1 aliphatic carbocycles. The average Bonchev–Trinajstić information content (AvgIpc) is 3.26. The maximum absolute atomic E-state index is 13.6. The van der Waals surface area contributed by atoms with Crippen LogP contribution in [0.3, 0.4) is 0 Å². The van der Waals surface area contributed by atoms with E-state index in [9.17, 15) is 4.39 Å². The molecule has 0 bridgehead atoms. The maximum Gasteiger partial charge on any atom is 0.123 e. The Morgan fingerprint density at radius 2 is 2.07 bits per heavy atom. The number of nitrogens with one attached hydrogen (secondary N) is 1. The molecule has 2 heterocycles. The second-order valence-electron chi connectivity index (χ2n) is 7.71. The Morgan fingerprint density at radius 3 is 2.93 bits per heavy atom. The van der Waals surface area contributed by atoms with E-state index in [2.05, 4.69) is 28.1 Å². The number of nitrogens with zero attached hydrogens (tertiary/aromatic N) is 1. The highest BCUT2D eigenvalue weighted by atomic mass is 35.5. The predicted molar refractivity (Wildman–Crippen MR) is 110 cm³/mol. The Morgan fingerprint density at radius 1 is 1.15 bits per heavy atom. The number of hydrogen-bond donors (Lipinski definition) is 1. The third-order valence-corrected chi connectivity index (χ3v) is 6.31. The smallest absolute Gasteiger partial charge is 0.123 e. The molecule has 1 aromatic heterocycles. The highest BCUT2D eigenvalue weighted by Crippen LogP contribution is 2.36. The molecule has 2 aliphatic rings. The highest BCUT2D eigenvalue weighted by molar-refractivity contribution is 6.30. The fourth-order valence-electron chi connectivity index (χ4n) is 4.64. The summed E-state index contributed by atoms with van der Waals surface area (Å²) in [6.07, 6.45) is 7.70. The summed E-state index contributed by atoms with van der Waals surface area (Å²) in [7, 11) is 0. The van der Waals surface area contributed by atoms with Crippen LogP contribution in [0.5, 0.6) is 0 Å². The van der Waals surface area contributed by atoms with Crippen LogP contribution in [-0.2, 0) is 6.42 Å². The molecule has 27 heavy (non-hydrogen) atoms. The summed E-state index contributed by atoms with van der Waals surface area (Å²) in [5.74, 6) is 0.399. The Labute approximate surface area is 163 Å². The van der Waals surface area contributed by atoms with Crippen molar-refractivity contribution >= 4 is 28.1 Å². The van der Waals surface area contributed by atoms with Gasteiger partial charge in [-0.15, -0.1) is 0 Å². The minimum atomic E-state index is -0.181. The number of fused-ring (bicyclic) bond motifs is 2. The number of H-pyrrole nitrogens is 1. The van der Waals surface area contributed by atoms with Crippen molar-refractivity contribution in [3.8, 4) is 0 Å². The van der Waals surface area contributed by atoms with Crippen molar-refractivity contribution in [2.24, 2.45) is 0 Å². The van der Waals surface area contributed by atoms with Crippen LogP contribution < -0.4 is 0 Å². The molecule has 2 aromatic carbocycles. The molecular weight excluding hydrogens is 359 g/mol. The van der Waals surface area contributed by atoms with Gasteiger partial charge in [0.2, 0.25) is 0 Å². The van der Waals surface area contributed by atoms with Crippen LogP contribution in [-0.4, -0.2) is 29.5 Å². The van der Waals surface area contributed by atoms with E-state index in [-0.39, 0.29) is 5.82 Å². The Kier molecular flexibility index (Phi) is 4.30. The quantitative estimate of drug-likeness (QED) is 0.610. The van der Waals surface area contributed by atoms with Crippen molar-refractivity contribution in [1.82, 2.24) is 9.88 Å². The summed E-state index contributed by atoms with van der Waals surface area (Å²) in [5, 5.41) is 1.82. The van der Waals surface area contributed by atoms with Crippen molar-refractivity contribution < 1.29 is 4.39 Å². The summed E-state index contributed by atoms with van der Waals surface area (Å²) >= 11 is 6.21. The van der Waals surface area contributed by atoms with E-state index >= 15 is 0 Å². The minimum Gasteiger partial charge on any atom is -0.361 e. The van der Waals surface area contributed by atoms with Gasteiger partial charge in [0.05, 0.1) is 0 Å². The van der Waals surface area contributed by atoms with Gasteiger partial charge in [0.15, 0.2) is 0 Å². The molecule has 3 aromatic rings. The third kappa shape index (κ3) is 3.19. The number of aromatic amines is 1. The Hall–Kier alpha value is -2.10. The fraction of sp³-hybridized carbons (Fsp3) is 0.304. The molecule has 4 heteroatoms. The standard InChI is InChI=1S/C23H22ClFN2/c24-18-4-3-15-1-2-17(20(15)11-18)14-27-9-7-16(8-10-27)22-13-26-23-6-5-19(25)12-21(22)23/h3-7,11-13,17,26H,1-2,8-10,14H2. The largest absolute Gasteiger partial charge is 0.361 e. The molecule has 0 saturated carbocycles. The van der Waals surface area contributed by atoms with E-state index in [1.165, 1.54) is 29.2 Å². The minimum absolute atomic E-state index is 0.181. The topological polar surface area (TPSA) is 19.0 Å². The number of halogens is 2. The van der Waals surface area contributed by atoms with Crippen molar-refractivity contribution in [3.63, 3.8) is 0 Å². The van der Waals surface area contributed by atoms with E-state index in [4.69, 9.17) is 11.6 Å². The fourth-order valence-corrected chi connectivity index (χ4v) is 4.82. The van der Waals surface area contributed by atoms with Gasteiger partial charge < -0.3 is 4.98 Å². The molecule has 1 atom stereocenters. The maximum atomic E-state index is 13.6. The lowest BCUT2D eigenvalue weighted by Gasteiger charge is -2.29. The Bertz CT molecular complexity index is 1040. The number of hydrogen-bond acceptors (Lipinski definition) is 1. The third-order valence-electron chi connectivity index (χ3n) is 6.07. The monoisotopic (exact) mass is 380 g/mol. The zero-order valence-electron chi connectivity index (χ0n) is 15.1. The molecule has 0 saturated heterocycles. The summed E-state index contributed by atoms with van der Waals surface area (Å²) in [6, 6.07) is 11.3. The van der Waals surface area contributed by atoms with E-state index in [1.54, 1.807) is 6.07 Å². The van der Waals surface area contributed by atoms with Crippen LogP contribution >= 0.6 is 11.6 Å².